The summed E-state index contributed by atoms with van der Waals surface area (Å²) in [7, 11) is 0. The van der Waals surface area contributed by atoms with Crippen LogP contribution in [0.25, 0.3) is 0 Å². The molecule has 0 heterocycles. The molecule has 4 nitrogen and oxygen atoms in total. The second-order valence-corrected chi connectivity index (χ2v) is 5.62. The number of hydrogen-bond donors (Lipinski definition) is 2. The van der Waals surface area contributed by atoms with Gasteiger partial charge in [0, 0.05) is 12.5 Å². The Morgan fingerprint density at radius 2 is 1.82 bits per heavy atom. The van der Waals surface area contributed by atoms with E-state index < -0.39 is 5.97 Å². The van der Waals surface area contributed by atoms with E-state index in [9.17, 15) is 9.59 Å². The lowest BCUT2D eigenvalue weighted by atomic mass is 9.82. The summed E-state index contributed by atoms with van der Waals surface area (Å²) in [5.74, 6) is 0.634. The third-order valence-corrected chi connectivity index (χ3v) is 4.21. The lowest BCUT2D eigenvalue weighted by Crippen LogP contribution is -2.33. The molecule has 2 atom stereocenters. The summed E-state index contributed by atoms with van der Waals surface area (Å²) in [4.78, 5) is 22.4. The SMILES string of the molecule is CC1CC1C(=O)NCC1CCC(C(=O)O)CC1. The summed E-state index contributed by atoms with van der Waals surface area (Å²) in [6.45, 7) is 2.83. The number of carboxylic acid groups (broad SMARTS) is 1. The van der Waals surface area contributed by atoms with Gasteiger partial charge in [-0.25, -0.2) is 0 Å². The zero-order valence-corrected chi connectivity index (χ0v) is 10.3. The van der Waals surface area contributed by atoms with Crippen LogP contribution in [0.15, 0.2) is 0 Å². The maximum Gasteiger partial charge on any atom is 0.306 e. The second-order valence-electron chi connectivity index (χ2n) is 5.62. The van der Waals surface area contributed by atoms with Crippen LogP contribution in [0.4, 0.5) is 0 Å². The fourth-order valence-electron chi connectivity index (χ4n) is 2.68. The number of carbonyl (C=O) groups is 2. The van der Waals surface area contributed by atoms with Crippen molar-refractivity contribution in [2.75, 3.05) is 6.54 Å². The van der Waals surface area contributed by atoms with Gasteiger partial charge in [0.25, 0.3) is 0 Å². The van der Waals surface area contributed by atoms with E-state index in [0.717, 1.165) is 38.6 Å². The molecule has 2 N–H and O–H groups in total. The van der Waals surface area contributed by atoms with Crippen LogP contribution in [0, 0.1) is 23.7 Å². The molecule has 2 aliphatic carbocycles. The Morgan fingerprint density at radius 3 is 2.29 bits per heavy atom. The summed E-state index contributed by atoms with van der Waals surface area (Å²) in [5.41, 5.74) is 0. The third-order valence-electron chi connectivity index (χ3n) is 4.21. The molecule has 2 rings (SSSR count). The molecule has 2 aliphatic rings. The van der Waals surface area contributed by atoms with Gasteiger partial charge >= 0.3 is 5.97 Å². The first-order valence-electron chi connectivity index (χ1n) is 6.58. The summed E-state index contributed by atoms with van der Waals surface area (Å²) in [6.07, 6.45) is 4.40. The zero-order valence-electron chi connectivity index (χ0n) is 10.3. The topological polar surface area (TPSA) is 66.4 Å². The molecule has 0 aromatic carbocycles. The minimum atomic E-state index is -0.667. The van der Waals surface area contributed by atoms with Crippen molar-refractivity contribution in [2.45, 2.75) is 39.0 Å². The van der Waals surface area contributed by atoms with Crippen molar-refractivity contribution in [1.29, 1.82) is 0 Å². The Kier molecular flexibility index (Phi) is 3.69. The first kappa shape index (κ1) is 12.4. The van der Waals surface area contributed by atoms with Crippen LogP contribution in [0.3, 0.4) is 0 Å². The molecule has 0 aromatic rings. The number of carboxylic acids is 1. The number of amides is 1. The van der Waals surface area contributed by atoms with Gasteiger partial charge in [0.2, 0.25) is 5.91 Å². The van der Waals surface area contributed by atoms with Gasteiger partial charge in [-0.2, -0.15) is 0 Å². The van der Waals surface area contributed by atoms with Gasteiger partial charge in [-0.05, 0) is 43.9 Å². The summed E-state index contributed by atoms with van der Waals surface area (Å²) >= 11 is 0. The molecular formula is C13H21NO3. The van der Waals surface area contributed by atoms with Crippen LogP contribution in [0.1, 0.15) is 39.0 Å². The van der Waals surface area contributed by atoms with Crippen LogP contribution in [-0.4, -0.2) is 23.5 Å². The smallest absolute Gasteiger partial charge is 0.306 e. The highest BCUT2D eigenvalue weighted by Gasteiger charge is 2.39. The molecule has 17 heavy (non-hydrogen) atoms. The Balaban J connectivity index is 1.65. The van der Waals surface area contributed by atoms with E-state index >= 15 is 0 Å². The minimum absolute atomic E-state index is 0.162. The quantitative estimate of drug-likeness (QED) is 0.784. The average molecular weight is 239 g/mol. The highest BCUT2D eigenvalue weighted by Crippen LogP contribution is 2.37. The first-order valence-corrected chi connectivity index (χ1v) is 6.58. The molecule has 4 heteroatoms. The van der Waals surface area contributed by atoms with Crippen LogP contribution < -0.4 is 5.32 Å². The summed E-state index contributed by atoms with van der Waals surface area (Å²) < 4.78 is 0. The van der Waals surface area contributed by atoms with Crippen molar-refractivity contribution in [3.05, 3.63) is 0 Å². The Labute approximate surface area is 102 Å². The first-order chi connectivity index (χ1) is 8.08. The lowest BCUT2D eigenvalue weighted by molar-refractivity contribution is -0.143. The van der Waals surface area contributed by atoms with Gasteiger partial charge in [-0.15, -0.1) is 0 Å². The Bertz CT molecular complexity index is 308. The molecule has 96 valence electrons. The van der Waals surface area contributed by atoms with Gasteiger partial charge in [0.05, 0.1) is 5.92 Å². The maximum absolute atomic E-state index is 11.6. The largest absolute Gasteiger partial charge is 0.481 e. The van der Waals surface area contributed by atoms with Crippen molar-refractivity contribution in [2.24, 2.45) is 23.7 Å². The fraction of sp³-hybridized carbons (Fsp3) is 0.846. The molecule has 2 unspecified atom stereocenters. The summed E-state index contributed by atoms with van der Waals surface area (Å²) in [6, 6.07) is 0. The lowest BCUT2D eigenvalue weighted by Gasteiger charge is -2.26. The average Bonchev–Trinajstić information content (AvgIpc) is 3.04. The highest BCUT2D eigenvalue weighted by molar-refractivity contribution is 5.81. The fourth-order valence-corrected chi connectivity index (χ4v) is 2.68. The molecular weight excluding hydrogens is 218 g/mol. The summed E-state index contributed by atoms with van der Waals surface area (Å²) in [5, 5.41) is 11.9. The van der Waals surface area contributed by atoms with Crippen molar-refractivity contribution in [3.63, 3.8) is 0 Å². The third kappa shape index (κ3) is 3.20. The van der Waals surface area contributed by atoms with E-state index in [1.54, 1.807) is 0 Å². The van der Waals surface area contributed by atoms with Gasteiger partial charge < -0.3 is 10.4 Å². The molecule has 0 saturated heterocycles. The van der Waals surface area contributed by atoms with Gasteiger partial charge in [-0.3, -0.25) is 9.59 Å². The monoisotopic (exact) mass is 239 g/mol. The molecule has 0 bridgehead atoms. The van der Waals surface area contributed by atoms with E-state index in [-0.39, 0.29) is 17.7 Å². The number of rotatable bonds is 4. The van der Waals surface area contributed by atoms with Crippen LogP contribution in [0.2, 0.25) is 0 Å². The Hall–Kier alpha value is -1.06. The van der Waals surface area contributed by atoms with Crippen LogP contribution in [-0.2, 0) is 9.59 Å². The molecule has 0 aliphatic heterocycles. The molecule has 2 fully saturated rings. The van der Waals surface area contributed by atoms with Crippen molar-refractivity contribution in [3.8, 4) is 0 Å². The predicted octanol–water partition coefficient (Wildman–Crippen LogP) is 1.65. The van der Waals surface area contributed by atoms with E-state index in [0.29, 0.717) is 11.8 Å². The number of hydrogen-bond acceptors (Lipinski definition) is 2. The van der Waals surface area contributed by atoms with Gasteiger partial charge in [-0.1, -0.05) is 6.92 Å². The zero-order chi connectivity index (χ0) is 12.4. The molecule has 1 amide bonds. The standard InChI is InChI=1S/C13H21NO3/c1-8-6-11(8)12(15)14-7-9-2-4-10(5-3-9)13(16)17/h8-11H,2-7H2,1H3,(H,14,15)(H,16,17). The van der Waals surface area contributed by atoms with Crippen LogP contribution in [0.5, 0.6) is 0 Å². The van der Waals surface area contributed by atoms with E-state index in [4.69, 9.17) is 5.11 Å². The van der Waals surface area contributed by atoms with E-state index in [2.05, 4.69) is 12.2 Å². The molecule has 2 saturated carbocycles. The number of aliphatic carboxylic acids is 1. The second kappa shape index (κ2) is 5.07. The van der Waals surface area contributed by atoms with Crippen molar-refractivity contribution >= 4 is 11.9 Å². The molecule has 0 radical (unpaired) electrons. The highest BCUT2D eigenvalue weighted by atomic mass is 16.4. The van der Waals surface area contributed by atoms with Gasteiger partial charge in [0.15, 0.2) is 0 Å². The maximum atomic E-state index is 11.6. The van der Waals surface area contributed by atoms with Crippen LogP contribution >= 0.6 is 0 Å². The molecule has 0 aromatic heterocycles. The number of carbonyl (C=O) groups excluding carboxylic acids is 1. The van der Waals surface area contributed by atoms with Crippen molar-refractivity contribution in [1.82, 2.24) is 5.32 Å². The van der Waals surface area contributed by atoms with E-state index in [1.807, 2.05) is 0 Å². The van der Waals surface area contributed by atoms with Gasteiger partial charge in [0.1, 0.15) is 0 Å². The Morgan fingerprint density at radius 1 is 1.24 bits per heavy atom. The van der Waals surface area contributed by atoms with E-state index in [1.165, 1.54) is 0 Å². The van der Waals surface area contributed by atoms with Crippen molar-refractivity contribution < 1.29 is 14.7 Å². The minimum Gasteiger partial charge on any atom is -0.481 e. The normalized spacial score (nSPS) is 36.3. The predicted molar refractivity (Wildman–Crippen MR) is 63.4 cm³/mol. The number of nitrogens with one attached hydrogen (secondary N) is 1. The molecule has 0 spiro atoms.